The Morgan fingerprint density at radius 2 is 1.59 bits per heavy atom. The molecule has 0 bridgehead atoms. The number of nitrogens with zero attached hydrogens (tertiary/aromatic N) is 1. The molecule has 1 aliphatic rings. The van der Waals surface area contributed by atoms with E-state index in [-0.39, 0.29) is 0 Å². The van der Waals surface area contributed by atoms with Crippen molar-refractivity contribution < 1.29 is 0 Å². The molecule has 0 saturated heterocycles. The summed E-state index contributed by atoms with van der Waals surface area (Å²) in [5.74, 6) is 0.457. The SMILES string of the molecule is Cc1cc(C)c2c(C(C)C)cc(-c3cc(-c4ccc5c(c4)C=C[Si]5(C)C)ccn3)cc2c1. The molecule has 32 heavy (non-hydrogen) atoms. The van der Waals surface area contributed by atoms with Crippen LogP contribution in [0.3, 0.4) is 0 Å². The van der Waals surface area contributed by atoms with Crippen LogP contribution in [0.1, 0.15) is 42.0 Å². The highest BCUT2D eigenvalue weighted by Crippen LogP contribution is 2.35. The summed E-state index contributed by atoms with van der Waals surface area (Å²) in [6, 6.07) is 20.6. The Morgan fingerprint density at radius 3 is 2.38 bits per heavy atom. The van der Waals surface area contributed by atoms with E-state index in [1.807, 2.05) is 6.20 Å². The van der Waals surface area contributed by atoms with Gasteiger partial charge < -0.3 is 0 Å². The minimum atomic E-state index is -1.39. The van der Waals surface area contributed by atoms with Gasteiger partial charge in [0.2, 0.25) is 0 Å². The van der Waals surface area contributed by atoms with Gasteiger partial charge in [-0.05, 0) is 93.9 Å². The minimum Gasteiger partial charge on any atom is -0.256 e. The molecule has 2 heterocycles. The maximum absolute atomic E-state index is 4.78. The van der Waals surface area contributed by atoms with Crippen molar-refractivity contribution in [2.24, 2.45) is 0 Å². The molecule has 1 aromatic heterocycles. The summed E-state index contributed by atoms with van der Waals surface area (Å²) >= 11 is 0. The second kappa shape index (κ2) is 7.56. The lowest BCUT2D eigenvalue weighted by molar-refractivity contribution is 0.876. The van der Waals surface area contributed by atoms with E-state index in [9.17, 15) is 0 Å². The Balaban J connectivity index is 1.63. The van der Waals surface area contributed by atoms with Crippen LogP contribution in [-0.2, 0) is 0 Å². The lowest BCUT2D eigenvalue weighted by Gasteiger charge is -2.17. The molecule has 1 aliphatic heterocycles. The molecule has 0 fully saturated rings. The quantitative estimate of drug-likeness (QED) is 0.300. The van der Waals surface area contributed by atoms with Crippen molar-refractivity contribution in [3.63, 3.8) is 0 Å². The van der Waals surface area contributed by atoms with Crippen LogP contribution >= 0.6 is 0 Å². The zero-order chi connectivity index (χ0) is 22.6. The molecule has 0 atom stereocenters. The van der Waals surface area contributed by atoms with E-state index in [2.05, 4.69) is 107 Å². The topological polar surface area (TPSA) is 12.9 Å². The second-order valence-electron chi connectivity index (χ2n) is 10.2. The average molecular weight is 434 g/mol. The lowest BCUT2D eigenvalue weighted by atomic mass is 9.89. The molecule has 0 aliphatic carbocycles. The van der Waals surface area contributed by atoms with Crippen LogP contribution in [0.15, 0.2) is 66.5 Å². The normalized spacial score (nSPS) is 14.3. The number of fused-ring (bicyclic) bond motifs is 2. The highest BCUT2D eigenvalue weighted by molar-refractivity contribution is 6.96. The first-order chi connectivity index (χ1) is 15.2. The summed E-state index contributed by atoms with van der Waals surface area (Å²) in [6.07, 6.45) is 4.27. The summed E-state index contributed by atoms with van der Waals surface area (Å²) in [5.41, 5.74) is 12.6. The maximum atomic E-state index is 4.78. The zero-order valence-corrected chi connectivity index (χ0v) is 21.0. The number of benzene rings is 3. The smallest absolute Gasteiger partial charge is 0.104 e. The largest absolute Gasteiger partial charge is 0.256 e. The van der Waals surface area contributed by atoms with Crippen LogP contribution in [0.4, 0.5) is 0 Å². The first kappa shape index (κ1) is 20.9. The summed E-state index contributed by atoms with van der Waals surface area (Å²) in [5, 5.41) is 4.24. The van der Waals surface area contributed by atoms with E-state index in [0.717, 1.165) is 5.69 Å². The van der Waals surface area contributed by atoms with Crippen molar-refractivity contribution in [1.29, 1.82) is 0 Å². The third-order valence-corrected chi connectivity index (χ3v) is 9.70. The number of hydrogen-bond acceptors (Lipinski definition) is 1. The first-order valence-electron chi connectivity index (χ1n) is 11.6. The van der Waals surface area contributed by atoms with Crippen molar-refractivity contribution in [2.75, 3.05) is 0 Å². The van der Waals surface area contributed by atoms with Crippen LogP contribution in [0.25, 0.3) is 39.2 Å². The van der Waals surface area contributed by atoms with Crippen LogP contribution in [-0.4, -0.2) is 13.1 Å². The fourth-order valence-electron chi connectivity index (χ4n) is 5.18. The lowest BCUT2D eigenvalue weighted by Crippen LogP contribution is -2.37. The number of aryl methyl sites for hydroxylation is 2. The fraction of sp³-hybridized carbons (Fsp3) is 0.233. The highest BCUT2D eigenvalue weighted by atomic mass is 28.3. The van der Waals surface area contributed by atoms with Crippen molar-refractivity contribution in [1.82, 2.24) is 4.98 Å². The first-order valence-corrected chi connectivity index (χ1v) is 14.7. The predicted molar refractivity (Wildman–Crippen MR) is 142 cm³/mol. The van der Waals surface area contributed by atoms with Crippen molar-refractivity contribution in [3.8, 4) is 22.4 Å². The molecule has 3 aromatic carbocycles. The van der Waals surface area contributed by atoms with Gasteiger partial charge in [-0.1, -0.05) is 68.5 Å². The van der Waals surface area contributed by atoms with Crippen molar-refractivity contribution >= 4 is 30.1 Å². The monoisotopic (exact) mass is 433 g/mol. The molecule has 4 aromatic rings. The van der Waals surface area contributed by atoms with Gasteiger partial charge in [-0.25, -0.2) is 0 Å². The Bertz CT molecular complexity index is 1390. The van der Waals surface area contributed by atoms with Crippen LogP contribution in [0, 0.1) is 13.8 Å². The van der Waals surface area contributed by atoms with E-state index in [1.165, 1.54) is 54.9 Å². The molecule has 0 N–H and O–H groups in total. The van der Waals surface area contributed by atoms with Crippen LogP contribution < -0.4 is 5.19 Å². The molecule has 0 radical (unpaired) electrons. The van der Waals surface area contributed by atoms with Crippen LogP contribution in [0.2, 0.25) is 13.1 Å². The molecular weight excluding hydrogens is 402 g/mol. The molecule has 160 valence electrons. The van der Waals surface area contributed by atoms with E-state index in [0.29, 0.717) is 5.92 Å². The molecule has 5 rings (SSSR count). The fourth-order valence-corrected chi connectivity index (χ4v) is 7.37. The van der Waals surface area contributed by atoms with E-state index in [4.69, 9.17) is 4.98 Å². The number of aromatic nitrogens is 1. The standard InChI is InChI=1S/C30H31NSi/c1-19(2)27-17-25(16-26-14-20(3)13-21(4)30(26)27)28-18-23(9-11-31-28)22-7-8-29-24(15-22)10-12-32(29,5)6/h7-19H,1-6H3. The van der Waals surface area contributed by atoms with Gasteiger partial charge in [0.05, 0.1) is 5.69 Å². The van der Waals surface area contributed by atoms with Gasteiger partial charge in [-0.3, -0.25) is 4.98 Å². The third kappa shape index (κ3) is 3.53. The van der Waals surface area contributed by atoms with Gasteiger partial charge in [0.15, 0.2) is 0 Å². The van der Waals surface area contributed by atoms with Gasteiger partial charge >= 0.3 is 0 Å². The Kier molecular flexibility index (Phi) is 4.94. The molecule has 1 nitrogen and oxygen atoms in total. The molecule has 0 saturated carbocycles. The number of hydrogen-bond donors (Lipinski definition) is 0. The molecular formula is C30H31NSi. The van der Waals surface area contributed by atoms with Crippen molar-refractivity contribution in [2.45, 2.75) is 46.7 Å². The van der Waals surface area contributed by atoms with Crippen LogP contribution in [0.5, 0.6) is 0 Å². The molecule has 0 spiro atoms. The number of pyridine rings is 1. The zero-order valence-electron chi connectivity index (χ0n) is 20.0. The van der Waals surface area contributed by atoms with Gasteiger partial charge in [0.25, 0.3) is 0 Å². The van der Waals surface area contributed by atoms with Gasteiger partial charge in [-0.15, -0.1) is 0 Å². The van der Waals surface area contributed by atoms with E-state index in [1.54, 1.807) is 0 Å². The average Bonchev–Trinajstić information content (AvgIpc) is 3.06. The summed E-state index contributed by atoms with van der Waals surface area (Å²) in [6.45, 7) is 13.8. The summed E-state index contributed by atoms with van der Waals surface area (Å²) < 4.78 is 0. The van der Waals surface area contributed by atoms with E-state index >= 15 is 0 Å². The Morgan fingerprint density at radius 1 is 0.812 bits per heavy atom. The minimum absolute atomic E-state index is 0.457. The number of rotatable bonds is 3. The highest BCUT2D eigenvalue weighted by Gasteiger charge is 2.27. The Hall–Kier alpha value is -2.97. The van der Waals surface area contributed by atoms with Gasteiger partial charge in [0, 0.05) is 11.8 Å². The van der Waals surface area contributed by atoms with Gasteiger partial charge in [-0.2, -0.15) is 0 Å². The Labute approximate surface area is 192 Å². The second-order valence-corrected chi connectivity index (χ2v) is 14.5. The summed E-state index contributed by atoms with van der Waals surface area (Å²) in [7, 11) is -1.39. The molecule has 0 unspecified atom stereocenters. The maximum Gasteiger partial charge on any atom is 0.104 e. The summed E-state index contributed by atoms with van der Waals surface area (Å²) in [4.78, 5) is 4.78. The predicted octanol–water partition coefficient (Wildman–Crippen LogP) is 7.79. The van der Waals surface area contributed by atoms with E-state index < -0.39 is 8.07 Å². The molecule has 2 heteroatoms. The van der Waals surface area contributed by atoms with Crippen molar-refractivity contribution in [3.05, 3.63) is 88.7 Å². The third-order valence-electron chi connectivity index (χ3n) is 6.86. The molecule has 0 amide bonds. The van der Waals surface area contributed by atoms with Gasteiger partial charge in [0.1, 0.15) is 8.07 Å².